The maximum atomic E-state index is 12.1. The minimum atomic E-state index is -0.273. The maximum absolute atomic E-state index is 12.1. The minimum absolute atomic E-state index is 0.273. The van der Waals surface area contributed by atoms with E-state index in [1.807, 2.05) is 24.3 Å². The van der Waals surface area contributed by atoms with Crippen LogP contribution < -0.4 is 0 Å². The number of fused-ring (bicyclic) bond motifs is 2. The number of likely N-dealkylation sites (N-methyl/N-ethyl adjacent to an activating group) is 1. The largest absolute Gasteiger partial charge is 0.465 e. The van der Waals surface area contributed by atoms with Crippen LogP contribution in [0.4, 0.5) is 0 Å². The molecule has 0 bridgehead atoms. The standard InChI is InChI=1S/C15H16N2O2/c1-17-8-7-13-11(9-17)14(15(18)19-2)10-5-3-4-6-12(10)16-13/h3-6H,7-9H2,1-2H3. The van der Waals surface area contributed by atoms with Crippen molar-refractivity contribution in [2.75, 3.05) is 20.7 Å². The van der Waals surface area contributed by atoms with Crippen molar-refractivity contribution < 1.29 is 9.53 Å². The van der Waals surface area contributed by atoms with Crippen LogP contribution in [0.3, 0.4) is 0 Å². The van der Waals surface area contributed by atoms with Crippen molar-refractivity contribution in [3.63, 3.8) is 0 Å². The summed E-state index contributed by atoms with van der Waals surface area (Å²) < 4.78 is 4.96. The molecule has 0 aliphatic carbocycles. The molecule has 1 aromatic carbocycles. The van der Waals surface area contributed by atoms with E-state index in [1.165, 1.54) is 7.11 Å². The lowest BCUT2D eigenvalue weighted by Crippen LogP contribution is -2.29. The number of rotatable bonds is 1. The Hall–Kier alpha value is -1.94. The van der Waals surface area contributed by atoms with Crippen molar-refractivity contribution in [3.05, 3.63) is 41.1 Å². The van der Waals surface area contributed by atoms with Crippen LogP contribution in [0.5, 0.6) is 0 Å². The lowest BCUT2D eigenvalue weighted by Gasteiger charge is -2.26. The third-order valence-corrected chi connectivity index (χ3v) is 3.63. The lowest BCUT2D eigenvalue weighted by molar-refractivity contribution is 0.0600. The zero-order valence-corrected chi connectivity index (χ0v) is 11.1. The van der Waals surface area contributed by atoms with Crippen molar-refractivity contribution in [1.29, 1.82) is 0 Å². The van der Waals surface area contributed by atoms with Gasteiger partial charge in [-0.05, 0) is 13.1 Å². The molecule has 0 fully saturated rings. The van der Waals surface area contributed by atoms with Crippen molar-refractivity contribution in [3.8, 4) is 0 Å². The predicted molar refractivity (Wildman–Crippen MR) is 73.1 cm³/mol. The number of ether oxygens (including phenoxy) is 1. The van der Waals surface area contributed by atoms with E-state index in [0.717, 1.165) is 41.7 Å². The molecule has 0 N–H and O–H groups in total. The summed E-state index contributed by atoms with van der Waals surface area (Å²) in [6, 6.07) is 7.75. The molecule has 4 heteroatoms. The van der Waals surface area contributed by atoms with Crippen molar-refractivity contribution in [2.45, 2.75) is 13.0 Å². The number of carbonyl (C=O) groups excluding carboxylic acids is 1. The van der Waals surface area contributed by atoms with Gasteiger partial charge >= 0.3 is 5.97 Å². The number of para-hydroxylation sites is 1. The molecule has 2 heterocycles. The Morgan fingerprint density at radius 2 is 2.16 bits per heavy atom. The highest BCUT2D eigenvalue weighted by molar-refractivity contribution is 6.05. The van der Waals surface area contributed by atoms with Gasteiger partial charge in [-0.25, -0.2) is 4.79 Å². The molecule has 0 unspecified atom stereocenters. The first-order valence-electron chi connectivity index (χ1n) is 6.38. The highest BCUT2D eigenvalue weighted by atomic mass is 16.5. The average Bonchev–Trinajstić information content (AvgIpc) is 2.44. The molecule has 0 saturated carbocycles. The summed E-state index contributed by atoms with van der Waals surface area (Å²) in [5.74, 6) is -0.273. The van der Waals surface area contributed by atoms with Gasteiger partial charge in [-0.15, -0.1) is 0 Å². The molecule has 1 aromatic heterocycles. The van der Waals surface area contributed by atoms with E-state index in [4.69, 9.17) is 9.72 Å². The van der Waals surface area contributed by atoms with E-state index in [-0.39, 0.29) is 5.97 Å². The van der Waals surface area contributed by atoms with E-state index in [1.54, 1.807) is 0 Å². The van der Waals surface area contributed by atoms with E-state index in [0.29, 0.717) is 5.56 Å². The highest BCUT2D eigenvalue weighted by Crippen LogP contribution is 2.28. The zero-order valence-electron chi connectivity index (χ0n) is 11.1. The number of carbonyl (C=O) groups is 1. The number of nitrogens with zero attached hydrogens (tertiary/aromatic N) is 2. The Labute approximate surface area is 112 Å². The first-order valence-corrected chi connectivity index (χ1v) is 6.38. The van der Waals surface area contributed by atoms with Crippen LogP contribution in [0, 0.1) is 0 Å². The van der Waals surface area contributed by atoms with Gasteiger partial charge in [-0.2, -0.15) is 0 Å². The normalized spacial score (nSPS) is 15.3. The van der Waals surface area contributed by atoms with Gasteiger partial charge in [0.15, 0.2) is 0 Å². The van der Waals surface area contributed by atoms with Gasteiger partial charge in [0, 0.05) is 36.2 Å². The molecule has 0 atom stereocenters. The summed E-state index contributed by atoms with van der Waals surface area (Å²) in [6.45, 7) is 1.72. The predicted octanol–water partition coefficient (Wildman–Crippen LogP) is 2.01. The minimum Gasteiger partial charge on any atom is -0.465 e. The second-order valence-corrected chi connectivity index (χ2v) is 4.91. The van der Waals surface area contributed by atoms with E-state index in [2.05, 4.69) is 11.9 Å². The molecular weight excluding hydrogens is 240 g/mol. The molecule has 0 spiro atoms. The Kier molecular flexibility index (Phi) is 2.95. The fourth-order valence-electron chi connectivity index (χ4n) is 2.66. The van der Waals surface area contributed by atoms with E-state index >= 15 is 0 Å². The molecule has 2 aromatic rings. The van der Waals surface area contributed by atoms with Gasteiger partial charge in [0.2, 0.25) is 0 Å². The first-order chi connectivity index (χ1) is 9.20. The van der Waals surface area contributed by atoms with Gasteiger partial charge in [-0.1, -0.05) is 18.2 Å². The molecule has 98 valence electrons. The molecule has 19 heavy (non-hydrogen) atoms. The van der Waals surface area contributed by atoms with Crippen molar-refractivity contribution >= 4 is 16.9 Å². The molecule has 3 rings (SSSR count). The van der Waals surface area contributed by atoms with Crippen molar-refractivity contribution in [2.24, 2.45) is 0 Å². The number of aromatic nitrogens is 1. The number of hydrogen-bond acceptors (Lipinski definition) is 4. The van der Waals surface area contributed by atoms with Crippen LogP contribution in [0.15, 0.2) is 24.3 Å². The maximum Gasteiger partial charge on any atom is 0.338 e. The van der Waals surface area contributed by atoms with Crippen LogP contribution in [-0.4, -0.2) is 36.6 Å². The number of methoxy groups -OCH3 is 1. The quantitative estimate of drug-likeness (QED) is 0.732. The Balaban J connectivity index is 2.33. The fourth-order valence-corrected chi connectivity index (χ4v) is 2.66. The number of esters is 1. The summed E-state index contributed by atoms with van der Waals surface area (Å²) in [4.78, 5) is 19.0. The fraction of sp³-hybridized carbons (Fsp3) is 0.333. The summed E-state index contributed by atoms with van der Waals surface area (Å²) >= 11 is 0. The van der Waals surface area contributed by atoms with E-state index < -0.39 is 0 Å². The smallest absolute Gasteiger partial charge is 0.338 e. The average molecular weight is 256 g/mol. The van der Waals surface area contributed by atoms with Gasteiger partial charge in [0.1, 0.15) is 0 Å². The van der Waals surface area contributed by atoms with Crippen LogP contribution in [0.2, 0.25) is 0 Å². The zero-order chi connectivity index (χ0) is 13.4. The Bertz CT molecular complexity index is 652. The molecule has 0 radical (unpaired) electrons. The first kappa shape index (κ1) is 12.1. The molecule has 1 aliphatic rings. The van der Waals surface area contributed by atoms with Gasteiger partial charge < -0.3 is 9.64 Å². The lowest BCUT2D eigenvalue weighted by atomic mass is 9.96. The molecule has 1 aliphatic heterocycles. The monoisotopic (exact) mass is 256 g/mol. The topological polar surface area (TPSA) is 42.4 Å². The van der Waals surface area contributed by atoms with Crippen LogP contribution in [0.25, 0.3) is 10.9 Å². The van der Waals surface area contributed by atoms with Gasteiger partial charge in [0.05, 0.1) is 18.2 Å². The second kappa shape index (κ2) is 4.63. The van der Waals surface area contributed by atoms with Crippen LogP contribution in [-0.2, 0) is 17.7 Å². The van der Waals surface area contributed by atoms with E-state index in [9.17, 15) is 4.79 Å². The third kappa shape index (κ3) is 1.98. The summed E-state index contributed by atoms with van der Waals surface area (Å²) in [5.41, 5.74) is 3.58. The number of hydrogen-bond donors (Lipinski definition) is 0. The van der Waals surface area contributed by atoms with Gasteiger partial charge in [-0.3, -0.25) is 4.98 Å². The molecule has 0 amide bonds. The SMILES string of the molecule is COC(=O)c1c2c(nc3ccccc13)CCN(C)C2. The molecule has 4 nitrogen and oxygen atoms in total. The van der Waals surface area contributed by atoms with Crippen molar-refractivity contribution in [1.82, 2.24) is 9.88 Å². The summed E-state index contributed by atoms with van der Waals surface area (Å²) in [5, 5.41) is 0.878. The van der Waals surface area contributed by atoms with Crippen LogP contribution >= 0.6 is 0 Å². The third-order valence-electron chi connectivity index (χ3n) is 3.63. The second-order valence-electron chi connectivity index (χ2n) is 4.91. The molecular formula is C15H16N2O2. The molecule has 0 saturated heterocycles. The summed E-state index contributed by atoms with van der Waals surface area (Å²) in [6.07, 6.45) is 0.876. The Morgan fingerprint density at radius 3 is 2.95 bits per heavy atom. The highest BCUT2D eigenvalue weighted by Gasteiger charge is 2.24. The Morgan fingerprint density at radius 1 is 1.37 bits per heavy atom. The van der Waals surface area contributed by atoms with Crippen LogP contribution in [0.1, 0.15) is 21.6 Å². The van der Waals surface area contributed by atoms with Gasteiger partial charge in [0.25, 0.3) is 0 Å². The number of pyridine rings is 1. The summed E-state index contributed by atoms with van der Waals surface area (Å²) in [7, 11) is 3.48. The number of benzene rings is 1.